The molecule has 1 N–H and O–H groups in total. The average molecular weight is 491 g/mol. The van der Waals surface area contributed by atoms with Crippen molar-refractivity contribution in [3.8, 4) is 17.0 Å². The van der Waals surface area contributed by atoms with Gasteiger partial charge in [-0.05, 0) is 29.8 Å². The fourth-order valence-electron chi connectivity index (χ4n) is 3.34. The van der Waals surface area contributed by atoms with Crippen molar-refractivity contribution in [2.45, 2.75) is 12.8 Å². The molecule has 0 unspecified atom stereocenters. The predicted molar refractivity (Wildman–Crippen MR) is 119 cm³/mol. The van der Waals surface area contributed by atoms with Gasteiger partial charge >= 0.3 is 12.1 Å². The molecule has 0 aliphatic heterocycles. The number of nitrogens with zero attached hydrogens (tertiary/aromatic N) is 4. The van der Waals surface area contributed by atoms with Crippen molar-refractivity contribution in [2.24, 2.45) is 14.1 Å². The number of ether oxygens (including phenoxy) is 1. The lowest BCUT2D eigenvalue weighted by Gasteiger charge is -2.10. The van der Waals surface area contributed by atoms with Crippen molar-refractivity contribution in [3.05, 3.63) is 68.4 Å². The summed E-state index contributed by atoms with van der Waals surface area (Å²) >= 11 is 1.13. The van der Waals surface area contributed by atoms with Crippen LogP contribution in [0.15, 0.2) is 51.6 Å². The SMILES string of the molecule is Cn1c(=O)c2c(CC(=O)Nc3nc(-c4ccc(OC(F)(F)F)cc4)cs3)cncc2n(C)c1=O. The number of aryl methyl sites for hydroxylation is 1. The molecule has 1 aromatic carbocycles. The Hall–Kier alpha value is -4.00. The number of carbonyl (C=O) groups excluding carboxylic acids is 1. The van der Waals surface area contributed by atoms with E-state index in [0.717, 1.165) is 15.9 Å². The molecule has 0 saturated heterocycles. The fourth-order valence-corrected chi connectivity index (χ4v) is 4.07. The average Bonchev–Trinajstić information content (AvgIpc) is 3.23. The van der Waals surface area contributed by atoms with Crippen LogP contribution in [0.4, 0.5) is 18.3 Å². The summed E-state index contributed by atoms with van der Waals surface area (Å²) in [4.78, 5) is 45.7. The Morgan fingerprint density at radius 3 is 2.50 bits per heavy atom. The van der Waals surface area contributed by atoms with Crippen LogP contribution >= 0.6 is 11.3 Å². The number of fused-ring (bicyclic) bond motifs is 1. The maximum atomic E-state index is 12.6. The van der Waals surface area contributed by atoms with Gasteiger partial charge in [0.05, 0.1) is 29.2 Å². The highest BCUT2D eigenvalue weighted by atomic mass is 32.1. The number of pyridine rings is 1. The van der Waals surface area contributed by atoms with E-state index in [1.807, 2.05) is 0 Å². The number of anilines is 1. The number of nitrogens with one attached hydrogen (secondary N) is 1. The molecule has 34 heavy (non-hydrogen) atoms. The lowest BCUT2D eigenvalue weighted by molar-refractivity contribution is -0.274. The van der Waals surface area contributed by atoms with Gasteiger partial charge in [0.15, 0.2) is 5.13 Å². The molecule has 0 bridgehead atoms. The van der Waals surface area contributed by atoms with Crippen molar-refractivity contribution in [2.75, 3.05) is 5.32 Å². The molecule has 0 spiro atoms. The number of carbonyl (C=O) groups is 1. The molecule has 1 amide bonds. The van der Waals surface area contributed by atoms with Crippen molar-refractivity contribution in [1.82, 2.24) is 19.1 Å². The normalized spacial score (nSPS) is 11.6. The number of hydrogen-bond acceptors (Lipinski definition) is 7. The molecule has 0 aliphatic rings. The molecule has 0 atom stereocenters. The van der Waals surface area contributed by atoms with Gasteiger partial charge in [-0.2, -0.15) is 0 Å². The molecule has 0 fully saturated rings. The van der Waals surface area contributed by atoms with Gasteiger partial charge < -0.3 is 10.1 Å². The largest absolute Gasteiger partial charge is 0.573 e. The van der Waals surface area contributed by atoms with Crippen LogP contribution in [0.5, 0.6) is 5.75 Å². The molecular formula is C21H16F3N5O4S. The van der Waals surface area contributed by atoms with Crippen molar-refractivity contribution in [1.29, 1.82) is 0 Å². The van der Waals surface area contributed by atoms with E-state index >= 15 is 0 Å². The van der Waals surface area contributed by atoms with Gasteiger partial charge in [0.1, 0.15) is 5.75 Å². The first-order valence-electron chi connectivity index (χ1n) is 9.67. The number of thiazole rings is 1. The number of hydrogen-bond donors (Lipinski definition) is 1. The number of amides is 1. The Morgan fingerprint density at radius 1 is 1.12 bits per heavy atom. The minimum atomic E-state index is -4.78. The van der Waals surface area contributed by atoms with Gasteiger partial charge in [-0.1, -0.05) is 0 Å². The predicted octanol–water partition coefficient (Wildman–Crippen LogP) is 2.84. The summed E-state index contributed by atoms with van der Waals surface area (Å²) in [5, 5.41) is 4.76. The van der Waals surface area contributed by atoms with E-state index in [2.05, 4.69) is 20.0 Å². The summed E-state index contributed by atoms with van der Waals surface area (Å²) in [5.41, 5.74) is 0.617. The van der Waals surface area contributed by atoms with Crippen LogP contribution in [-0.4, -0.2) is 31.4 Å². The number of halogens is 3. The zero-order valence-corrected chi connectivity index (χ0v) is 18.5. The molecule has 0 aliphatic carbocycles. The van der Waals surface area contributed by atoms with E-state index in [-0.39, 0.29) is 22.7 Å². The molecule has 4 rings (SSSR count). The summed E-state index contributed by atoms with van der Waals surface area (Å²) in [5.74, 6) is -0.813. The van der Waals surface area contributed by atoms with Gasteiger partial charge in [0, 0.05) is 31.2 Å². The Kier molecular flexibility index (Phi) is 5.96. The highest BCUT2D eigenvalue weighted by Crippen LogP contribution is 2.28. The lowest BCUT2D eigenvalue weighted by Crippen LogP contribution is -2.37. The van der Waals surface area contributed by atoms with Gasteiger partial charge in [0.25, 0.3) is 5.56 Å². The number of rotatable bonds is 5. The zero-order chi connectivity index (χ0) is 24.6. The van der Waals surface area contributed by atoms with E-state index in [1.165, 1.54) is 55.3 Å². The molecule has 3 heterocycles. The first-order valence-corrected chi connectivity index (χ1v) is 10.6. The molecular weight excluding hydrogens is 475 g/mol. The number of alkyl halides is 3. The molecule has 0 radical (unpaired) electrons. The summed E-state index contributed by atoms with van der Waals surface area (Å²) in [6, 6.07) is 5.18. The van der Waals surface area contributed by atoms with Crippen molar-refractivity contribution < 1.29 is 22.7 Å². The second kappa shape index (κ2) is 8.74. The molecule has 3 aromatic heterocycles. The first-order chi connectivity index (χ1) is 16.0. The third-order valence-electron chi connectivity index (χ3n) is 4.94. The monoisotopic (exact) mass is 491 g/mol. The van der Waals surface area contributed by atoms with Crippen LogP contribution < -0.4 is 21.3 Å². The molecule has 9 nitrogen and oxygen atoms in total. The minimum absolute atomic E-state index is 0.184. The Bertz CT molecular complexity index is 1510. The maximum Gasteiger partial charge on any atom is 0.573 e. The van der Waals surface area contributed by atoms with E-state index in [1.54, 1.807) is 5.38 Å². The summed E-state index contributed by atoms with van der Waals surface area (Å²) < 4.78 is 43.0. The Morgan fingerprint density at radius 2 is 1.82 bits per heavy atom. The summed E-state index contributed by atoms with van der Waals surface area (Å²) in [6.45, 7) is 0. The van der Waals surface area contributed by atoms with Crippen LogP contribution in [0.1, 0.15) is 5.56 Å². The third-order valence-corrected chi connectivity index (χ3v) is 5.70. The number of benzene rings is 1. The van der Waals surface area contributed by atoms with E-state index in [0.29, 0.717) is 22.3 Å². The topological polar surface area (TPSA) is 108 Å². The van der Waals surface area contributed by atoms with E-state index < -0.39 is 23.5 Å². The van der Waals surface area contributed by atoms with Crippen LogP contribution in [0.3, 0.4) is 0 Å². The fraction of sp³-hybridized carbons (Fsp3) is 0.190. The van der Waals surface area contributed by atoms with Crippen LogP contribution in [-0.2, 0) is 25.3 Å². The highest BCUT2D eigenvalue weighted by molar-refractivity contribution is 7.14. The summed E-state index contributed by atoms with van der Waals surface area (Å²) in [6.07, 6.45) is -2.18. The van der Waals surface area contributed by atoms with Crippen molar-refractivity contribution >= 4 is 33.3 Å². The quantitative estimate of drug-likeness (QED) is 0.460. The molecule has 0 saturated carbocycles. The van der Waals surface area contributed by atoms with Gasteiger partial charge in [-0.25, -0.2) is 9.78 Å². The second-order valence-electron chi connectivity index (χ2n) is 7.23. The van der Waals surface area contributed by atoms with Crippen molar-refractivity contribution in [3.63, 3.8) is 0 Å². The summed E-state index contributed by atoms with van der Waals surface area (Å²) in [7, 11) is 2.86. The highest BCUT2D eigenvalue weighted by Gasteiger charge is 2.31. The number of aromatic nitrogens is 4. The van der Waals surface area contributed by atoms with Gasteiger partial charge in [-0.3, -0.25) is 23.7 Å². The van der Waals surface area contributed by atoms with E-state index in [4.69, 9.17) is 0 Å². The maximum absolute atomic E-state index is 12.6. The Labute approximate surface area is 193 Å². The molecule has 13 heteroatoms. The van der Waals surface area contributed by atoms with Crippen LogP contribution in [0.25, 0.3) is 22.2 Å². The standard InChI is InChI=1S/C21H16F3N5O4S/c1-28-15-9-25-8-12(17(15)18(31)29(2)20(28)32)7-16(30)27-19-26-14(10-34-19)11-3-5-13(6-4-11)33-21(22,23)24/h3-6,8-10H,7H2,1-2H3,(H,26,27,30). The zero-order valence-electron chi connectivity index (χ0n) is 17.7. The van der Waals surface area contributed by atoms with Gasteiger partial charge in [0.2, 0.25) is 5.91 Å². The van der Waals surface area contributed by atoms with Gasteiger partial charge in [-0.15, -0.1) is 24.5 Å². The minimum Gasteiger partial charge on any atom is -0.406 e. The molecule has 4 aromatic rings. The van der Waals surface area contributed by atoms with Crippen LogP contribution in [0.2, 0.25) is 0 Å². The first kappa shape index (κ1) is 23.2. The lowest BCUT2D eigenvalue weighted by atomic mass is 10.1. The van der Waals surface area contributed by atoms with E-state index in [9.17, 15) is 27.6 Å². The second-order valence-corrected chi connectivity index (χ2v) is 8.09. The molecule has 176 valence electrons. The van der Waals surface area contributed by atoms with Crippen LogP contribution in [0, 0.1) is 0 Å². The Balaban J connectivity index is 1.52. The third kappa shape index (κ3) is 4.69. The smallest absolute Gasteiger partial charge is 0.406 e.